The predicted octanol–water partition coefficient (Wildman–Crippen LogP) is 5.42. The van der Waals surface area contributed by atoms with Gasteiger partial charge in [0.05, 0.1) is 20.6 Å². The van der Waals surface area contributed by atoms with Crippen LogP contribution in [0.3, 0.4) is 0 Å². The summed E-state index contributed by atoms with van der Waals surface area (Å²) in [5, 5.41) is 0. The van der Waals surface area contributed by atoms with Gasteiger partial charge < -0.3 is 0 Å². The van der Waals surface area contributed by atoms with Crippen LogP contribution < -0.4 is 5.84 Å². The Morgan fingerprint density at radius 1 is 0.550 bits per heavy atom. The van der Waals surface area contributed by atoms with Crippen molar-refractivity contribution in [3.05, 3.63) is 0 Å². The largest absolute Gasteiger partial charge is 0.253 e. The van der Waals surface area contributed by atoms with Crippen LogP contribution in [-0.4, -0.2) is 25.2 Å². The van der Waals surface area contributed by atoms with Crippen LogP contribution in [0.2, 0.25) is 0 Å². The lowest BCUT2D eigenvalue weighted by Crippen LogP contribution is -2.47. The third-order valence-electron chi connectivity index (χ3n) is 4.09. The van der Waals surface area contributed by atoms with E-state index in [9.17, 15) is 0 Å². The van der Waals surface area contributed by atoms with Crippen molar-refractivity contribution in [2.24, 2.45) is 5.84 Å². The van der Waals surface area contributed by atoms with Gasteiger partial charge in [-0.2, -0.15) is 5.84 Å². The summed E-state index contributed by atoms with van der Waals surface area (Å²) in [7, 11) is 4.14. The zero-order valence-electron chi connectivity index (χ0n) is 14.6. The molecule has 0 fully saturated rings. The fraction of sp³-hybridized carbons (Fsp3) is 1.00. The molecule has 0 heterocycles. The fourth-order valence-corrected chi connectivity index (χ4v) is 2.71. The van der Waals surface area contributed by atoms with Crippen LogP contribution in [-0.2, 0) is 0 Å². The van der Waals surface area contributed by atoms with Gasteiger partial charge in [-0.05, 0) is 12.8 Å². The minimum absolute atomic E-state index is 0.623. The molecule has 0 atom stereocenters. The SMILES string of the molecule is CCCCCCCCCCCCCCCC[N+](C)(C)N. The summed E-state index contributed by atoms with van der Waals surface area (Å²) in [6.45, 7) is 3.40. The van der Waals surface area contributed by atoms with Crippen LogP contribution in [0.4, 0.5) is 0 Å². The minimum atomic E-state index is 0.623. The van der Waals surface area contributed by atoms with E-state index in [1.165, 1.54) is 89.9 Å². The predicted molar refractivity (Wildman–Crippen MR) is 91.5 cm³/mol. The van der Waals surface area contributed by atoms with E-state index in [1.807, 2.05) is 0 Å². The molecule has 0 rings (SSSR count). The van der Waals surface area contributed by atoms with Crippen LogP contribution in [0.15, 0.2) is 0 Å². The van der Waals surface area contributed by atoms with Gasteiger partial charge in [0.2, 0.25) is 0 Å². The summed E-state index contributed by atoms with van der Waals surface area (Å²) >= 11 is 0. The van der Waals surface area contributed by atoms with Crippen LogP contribution in [0.25, 0.3) is 0 Å². The van der Waals surface area contributed by atoms with Crippen molar-refractivity contribution >= 4 is 0 Å². The van der Waals surface area contributed by atoms with Crippen molar-refractivity contribution in [2.75, 3.05) is 20.6 Å². The van der Waals surface area contributed by atoms with E-state index in [0.717, 1.165) is 6.54 Å². The molecule has 0 aromatic heterocycles. The first kappa shape index (κ1) is 19.9. The highest BCUT2D eigenvalue weighted by Crippen LogP contribution is 2.13. The van der Waals surface area contributed by atoms with E-state index >= 15 is 0 Å². The van der Waals surface area contributed by atoms with Crippen molar-refractivity contribution in [1.29, 1.82) is 0 Å². The van der Waals surface area contributed by atoms with Crippen molar-refractivity contribution in [2.45, 2.75) is 96.8 Å². The third kappa shape index (κ3) is 17.9. The molecule has 20 heavy (non-hydrogen) atoms. The summed E-state index contributed by atoms with van der Waals surface area (Å²) in [6, 6.07) is 0. The molecule has 0 aromatic carbocycles. The van der Waals surface area contributed by atoms with Crippen LogP contribution >= 0.6 is 0 Å². The molecule has 122 valence electrons. The summed E-state index contributed by atoms with van der Waals surface area (Å²) in [4.78, 5) is 0. The highest BCUT2D eigenvalue weighted by Gasteiger charge is 2.06. The lowest BCUT2D eigenvalue weighted by molar-refractivity contribution is -0.902. The van der Waals surface area contributed by atoms with E-state index in [2.05, 4.69) is 21.0 Å². The van der Waals surface area contributed by atoms with E-state index in [1.54, 1.807) is 0 Å². The van der Waals surface area contributed by atoms with Crippen molar-refractivity contribution in [1.82, 2.24) is 0 Å². The van der Waals surface area contributed by atoms with Gasteiger partial charge in [-0.3, -0.25) is 4.59 Å². The quantitative estimate of drug-likeness (QED) is 0.185. The Kier molecular flexibility index (Phi) is 13.8. The summed E-state index contributed by atoms with van der Waals surface area (Å²) in [5.74, 6) is 5.92. The highest BCUT2D eigenvalue weighted by molar-refractivity contribution is 4.49. The maximum Gasteiger partial charge on any atom is 0.0955 e. The fourth-order valence-electron chi connectivity index (χ4n) is 2.71. The number of unbranched alkanes of at least 4 members (excludes halogenated alkanes) is 13. The smallest absolute Gasteiger partial charge is 0.0955 e. The number of nitrogens with two attached hydrogens (primary N) is 1. The van der Waals surface area contributed by atoms with Crippen LogP contribution in [0.1, 0.15) is 96.8 Å². The maximum atomic E-state index is 5.92. The Hall–Kier alpha value is -0.0800. The maximum absolute atomic E-state index is 5.92. The lowest BCUT2D eigenvalue weighted by Gasteiger charge is -2.21. The third-order valence-corrected chi connectivity index (χ3v) is 4.09. The molecule has 0 radical (unpaired) electrons. The van der Waals surface area contributed by atoms with Crippen molar-refractivity contribution in [3.63, 3.8) is 0 Å². The molecule has 0 unspecified atom stereocenters. The molecule has 0 aliphatic rings. The molecule has 0 saturated heterocycles. The Balaban J connectivity index is 2.99. The Bertz CT molecular complexity index is 184. The monoisotopic (exact) mass is 285 g/mol. The number of rotatable bonds is 15. The number of quaternary nitrogens is 1. The van der Waals surface area contributed by atoms with Gasteiger partial charge >= 0.3 is 0 Å². The average Bonchev–Trinajstić information content (AvgIpc) is 2.38. The highest BCUT2D eigenvalue weighted by atomic mass is 15.5. The lowest BCUT2D eigenvalue weighted by atomic mass is 10.0. The molecule has 0 spiro atoms. The van der Waals surface area contributed by atoms with Crippen LogP contribution in [0, 0.1) is 0 Å². The average molecular weight is 286 g/mol. The van der Waals surface area contributed by atoms with Gasteiger partial charge in [0.25, 0.3) is 0 Å². The molecule has 2 N–H and O–H groups in total. The van der Waals surface area contributed by atoms with Gasteiger partial charge in [-0.15, -0.1) is 0 Å². The number of nitrogens with zero attached hydrogens (tertiary/aromatic N) is 1. The first-order valence-corrected chi connectivity index (χ1v) is 9.18. The molecule has 2 nitrogen and oxygen atoms in total. The van der Waals surface area contributed by atoms with E-state index in [4.69, 9.17) is 5.84 Å². The Morgan fingerprint density at radius 2 is 0.850 bits per heavy atom. The number of hydrogen-bond acceptors (Lipinski definition) is 1. The Morgan fingerprint density at radius 3 is 1.15 bits per heavy atom. The van der Waals surface area contributed by atoms with E-state index in [-0.39, 0.29) is 0 Å². The molecule has 0 aliphatic heterocycles. The van der Waals surface area contributed by atoms with E-state index in [0.29, 0.717) is 4.59 Å². The second kappa shape index (κ2) is 13.9. The topological polar surface area (TPSA) is 26.0 Å². The molecular formula is C18H41N2+. The van der Waals surface area contributed by atoms with Crippen molar-refractivity contribution < 1.29 is 4.59 Å². The zero-order valence-corrected chi connectivity index (χ0v) is 14.6. The second-order valence-corrected chi connectivity index (χ2v) is 7.10. The van der Waals surface area contributed by atoms with Crippen molar-refractivity contribution in [3.8, 4) is 0 Å². The standard InChI is InChI=1S/C18H41N2/c1-4-5-6-7-8-9-10-11-12-13-14-15-16-17-18-20(2,3)19/h4-19H2,1-3H3/q+1. The van der Waals surface area contributed by atoms with Gasteiger partial charge in [0, 0.05) is 0 Å². The Labute approximate surface area is 128 Å². The zero-order chi connectivity index (χ0) is 15.1. The van der Waals surface area contributed by atoms with Gasteiger partial charge in [0.1, 0.15) is 0 Å². The summed E-state index contributed by atoms with van der Waals surface area (Å²) in [5.41, 5.74) is 0. The summed E-state index contributed by atoms with van der Waals surface area (Å²) in [6.07, 6.45) is 19.9. The summed E-state index contributed by atoms with van der Waals surface area (Å²) < 4.78 is 0.623. The molecule has 0 saturated carbocycles. The van der Waals surface area contributed by atoms with Gasteiger partial charge in [-0.25, -0.2) is 0 Å². The first-order valence-electron chi connectivity index (χ1n) is 9.18. The van der Waals surface area contributed by atoms with Gasteiger partial charge in [-0.1, -0.05) is 84.0 Å². The van der Waals surface area contributed by atoms with E-state index < -0.39 is 0 Å². The van der Waals surface area contributed by atoms with Gasteiger partial charge in [0.15, 0.2) is 0 Å². The minimum Gasteiger partial charge on any atom is -0.253 e. The molecule has 0 amide bonds. The first-order chi connectivity index (χ1) is 9.56. The molecule has 0 aliphatic carbocycles. The molecule has 2 heteroatoms. The number of hydrogen-bond donors (Lipinski definition) is 1. The molecular weight excluding hydrogens is 244 g/mol. The normalized spacial score (nSPS) is 12.0. The molecule has 0 bridgehead atoms. The second-order valence-electron chi connectivity index (χ2n) is 7.10. The molecule has 0 aromatic rings. The van der Waals surface area contributed by atoms with Crippen LogP contribution in [0.5, 0.6) is 0 Å².